The number of nitrogens with zero attached hydrogens (tertiary/aromatic N) is 2. The summed E-state index contributed by atoms with van der Waals surface area (Å²) >= 11 is 24.0. The highest BCUT2D eigenvalue weighted by atomic mass is 35.5. The predicted molar refractivity (Wildman–Crippen MR) is 95.7 cm³/mol. The molecule has 0 aliphatic heterocycles. The molecule has 1 aromatic heterocycles. The molecule has 2 aromatic rings. The highest BCUT2D eigenvalue weighted by Crippen LogP contribution is 2.47. The second-order valence-corrected chi connectivity index (χ2v) is 8.95. The third-order valence-electron chi connectivity index (χ3n) is 3.28. The summed E-state index contributed by atoms with van der Waals surface area (Å²) in [7, 11) is -3.20. The minimum absolute atomic E-state index is 0.0371. The van der Waals surface area contributed by atoms with E-state index in [1.54, 1.807) is 0 Å². The van der Waals surface area contributed by atoms with Crippen molar-refractivity contribution in [2.75, 3.05) is 0 Å². The fraction of sp³-hybridized carbons (Fsp3) is 0.308. The Labute approximate surface area is 166 Å². The van der Waals surface area contributed by atoms with Crippen LogP contribution in [0, 0.1) is 0 Å². The molecule has 1 unspecified atom stereocenters. The second kappa shape index (κ2) is 8.19. The lowest BCUT2D eigenvalue weighted by Gasteiger charge is -2.14. The van der Waals surface area contributed by atoms with Crippen molar-refractivity contribution in [1.29, 1.82) is 0 Å². The quantitative estimate of drug-likeness (QED) is 0.462. The lowest BCUT2D eigenvalue weighted by atomic mass is 10.1. The number of hydrogen-bond acceptors (Lipinski definition) is 3. The Bertz CT molecular complexity index is 874. The van der Waals surface area contributed by atoms with E-state index in [9.17, 15) is 13.3 Å². The average molecular weight is 470 g/mol. The van der Waals surface area contributed by atoms with Gasteiger partial charge in [0.1, 0.15) is 15.8 Å². The van der Waals surface area contributed by atoms with E-state index in [0.29, 0.717) is 0 Å². The number of aryl methyl sites for hydroxylation is 1. The molecule has 2 rings (SSSR count). The molecular formula is C13H11Cl4F2N2O4P. The molecule has 13 heteroatoms. The number of halogens is 6. The van der Waals surface area contributed by atoms with Gasteiger partial charge in [0, 0.05) is 24.1 Å². The van der Waals surface area contributed by atoms with Gasteiger partial charge in [-0.15, -0.1) is 11.6 Å². The van der Waals surface area contributed by atoms with Gasteiger partial charge in [0.15, 0.2) is 0 Å². The number of hydrogen-bond donors (Lipinski definition) is 2. The van der Waals surface area contributed by atoms with Crippen LogP contribution in [0.5, 0.6) is 5.88 Å². The van der Waals surface area contributed by atoms with Gasteiger partial charge in [0.05, 0.1) is 5.02 Å². The maximum Gasteiger partial charge on any atom is 0.388 e. The van der Waals surface area contributed by atoms with Gasteiger partial charge in [-0.05, 0) is 17.7 Å². The molecule has 144 valence electrons. The molecule has 6 nitrogen and oxygen atoms in total. The van der Waals surface area contributed by atoms with Crippen molar-refractivity contribution in [3.8, 4) is 17.1 Å². The molecule has 1 heterocycles. The first kappa shape index (κ1) is 21.7. The van der Waals surface area contributed by atoms with E-state index in [0.717, 1.165) is 4.68 Å². The van der Waals surface area contributed by atoms with Crippen molar-refractivity contribution in [2.24, 2.45) is 7.05 Å². The number of aromatic nitrogens is 2. The lowest BCUT2D eigenvalue weighted by molar-refractivity contribution is -0.0552. The van der Waals surface area contributed by atoms with Gasteiger partial charge in [-0.3, -0.25) is 4.57 Å². The third-order valence-corrected chi connectivity index (χ3v) is 6.12. The number of alkyl halides is 3. The Morgan fingerprint density at radius 2 is 1.88 bits per heavy atom. The fourth-order valence-electron chi connectivity index (χ4n) is 2.10. The van der Waals surface area contributed by atoms with Crippen molar-refractivity contribution >= 4 is 54.0 Å². The van der Waals surface area contributed by atoms with Crippen LogP contribution in [0.1, 0.15) is 5.56 Å². The summed E-state index contributed by atoms with van der Waals surface area (Å²) in [6, 6.07) is 2.70. The third kappa shape index (κ3) is 4.81. The topological polar surface area (TPSA) is 84.6 Å². The van der Waals surface area contributed by atoms with Crippen molar-refractivity contribution < 1.29 is 27.9 Å². The summed E-state index contributed by atoms with van der Waals surface area (Å²) < 4.78 is 41.6. The van der Waals surface area contributed by atoms with Crippen molar-refractivity contribution in [1.82, 2.24) is 9.78 Å². The zero-order chi connectivity index (χ0) is 19.8. The first-order valence-electron chi connectivity index (χ1n) is 6.76. The summed E-state index contributed by atoms with van der Waals surface area (Å²) in [5, 5.41) is 2.51. The van der Waals surface area contributed by atoms with Gasteiger partial charge < -0.3 is 14.5 Å². The molecule has 0 fully saturated rings. The van der Waals surface area contributed by atoms with Crippen LogP contribution in [0.3, 0.4) is 0 Å². The van der Waals surface area contributed by atoms with Gasteiger partial charge in [-0.1, -0.05) is 34.8 Å². The summed E-state index contributed by atoms with van der Waals surface area (Å²) in [5.41, 5.74) is 0.521. The Morgan fingerprint density at radius 1 is 1.27 bits per heavy atom. The van der Waals surface area contributed by atoms with Crippen LogP contribution in [0.4, 0.5) is 8.78 Å². The number of benzene rings is 1. The van der Waals surface area contributed by atoms with Crippen molar-refractivity contribution in [3.63, 3.8) is 0 Å². The summed E-state index contributed by atoms with van der Waals surface area (Å²) in [4.78, 5) is 18.3. The van der Waals surface area contributed by atoms with E-state index < -0.39 is 19.3 Å². The van der Waals surface area contributed by atoms with Crippen LogP contribution in [-0.2, 0) is 18.0 Å². The normalized spacial score (nSPS) is 13.3. The van der Waals surface area contributed by atoms with Gasteiger partial charge in [0.2, 0.25) is 5.88 Å². The molecule has 1 aromatic carbocycles. The van der Waals surface area contributed by atoms with E-state index in [1.807, 2.05) is 0 Å². The van der Waals surface area contributed by atoms with Gasteiger partial charge in [-0.2, -0.15) is 13.9 Å². The number of ether oxygens (including phenoxy) is 1. The highest BCUT2D eigenvalue weighted by molar-refractivity contribution is 7.54. The van der Waals surface area contributed by atoms with Crippen molar-refractivity contribution in [3.05, 3.63) is 32.8 Å². The molecule has 0 amide bonds. The molecule has 0 bridgehead atoms. The van der Waals surface area contributed by atoms with E-state index >= 15 is 0 Å². The summed E-state index contributed by atoms with van der Waals surface area (Å²) in [5.74, 6) is -0.366. The lowest BCUT2D eigenvalue weighted by Crippen LogP contribution is -2.06. The largest absolute Gasteiger partial charge is 0.416 e. The van der Waals surface area contributed by atoms with E-state index in [2.05, 4.69) is 9.84 Å². The predicted octanol–water partition coefficient (Wildman–Crippen LogP) is 4.93. The van der Waals surface area contributed by atoms with E-state index in [4.69, 9.17) is 56.2 Å². The molecule has 0 saturated heterocycles. The standard InChI is InChI=1S/C13H11Cl4F2N2O4P/c1-21-12(25-13(18)19)10(17)11(20-21)6-2-5(7(14)4-8(6)15)3-9(16)26(22,23)24/h2,4,9,13H,3H2,1H3,(H2,22,23,24). The van der Waals surface area contributed by atoms with Crippen LogP contribution < -0.4 is 4.74 Å². The zero-order valence-corrected chi connectivity index (χ0v) is 16.8. The molecule has 26 heavy (non-hydrogen) atoms. The summed E-state index contributed by atoms with van der Waals surface area (Å²) in [6.45, 7) is -3.10. The van der Waals surface area contributed by atoms with Crippen molar-refractivity contribution in [2.45, 2.75) is 18.2 Å². The van der Waals surface area contributed by atoms with E-state index in [1.165, 1.54) is 19.2 Å². The molecule has 0 aliphatic rings. The Hall–Kier alpha value is -0.600. The van der Waals surface area contributed by atoms with Crippen LogP contribution in [0.2, 0.25) is 15.1 Å². The van der Waals surface area contributed by atoms with Crippen LogP contribution in [-0.4, -0.2) is 31.3 Å². The SMILES string of the molecule is Cn1nc(-c2cc(CC(Cl)P(=O)(O)O)c(Cl)cc2Cl)c(Cl)c1OC(F)F. The van der Waals surface area contributed by atoms with Crippen LogP contribution in [0.25, 0.3) is 11.3 Å². The van der Waals surface area contributed by atoms with Gasteiger partial charge >= 0.3 is 14.2 Å². The molecule has 0 radical (unpaired) electrons. The smallest absolute Gasteiger partial charge is 0.388 e. The second-order valence-electron chi connectivity index (χ2n) is 5.12. The first-order valence-corrected chi connectivity index (χ1v) is 10.0. The maximum absolute atomic E-state index is 12.5. The molecule has 0 saturated carbocycles. The van der Waals surface area contributed by atoms with E-state index in [-0.39, 0.29) is 44.2 Å². The Morgan fingerprint density at radius 3 is 2.42 bits per heavy atom. The van der Waals surface area contributed by atoms with Gasteiger partial charge in [-0.25, -0.2) is 4.68 Å². The van der Waals surface area contributed by atoms with Gasteiger partial charge in [0.25, 0.3) is 0 Å². The molecule has 1 atom stereocenters. The minimum Gasteiger partial charge on any atom is -0.416 e. The monoisotopic (exact) mass is 468 g/mol. The first-order chi connectivity index (χ1) is 11.9. The molecule has 0 spiro atoms. The minimum atomic E-state index is -4.55. The molecule has 2 N–H and O–H groups in total. The average Bonchev–Trinajstić information content (AvgIpc) is 2.76. The summed E-state index contributed by atoms with van der Waals surface area (Å²) in [6.07, 6.45) is -0.264. The molecular weight excluding hydrogens is 459 g/mol. The Kier molecular flexibility index (Phi) is 6.83. The van der Waals surface area contributed by atoms with Crippen LogP contribution in [0.15, 0.2) is 12.1 Å². The van der Waals surface area contributed by atoms with Crippen LogP contribution >= 0.6 is 54.0 Å². The fourth-order valence-corrected chi connectivity index (χ4v) is 3.56. The number of rotatable bonds is 6. The highest BCUT2D eigenvalue weighted by Gasteiger charge is 2.28. The zero-order valence-electron chi connectivity index (χ0n) is 12.8. The maximum atomic E-state index is 12.5. The Balaban J connectivity index is 2.51. The molecule has 0 aliphatic carbocycles.